The van der Waals surface area contributed by atoms with Gasteiger partial charge in [-0.15, -0.1) is 0 Å². The summed E-state index contributed by atoms with van der Waals surface area (Å²) >= 11 is 0. The normalized spacial score (nSPS) is 15.8. The van der Waals surface area contributed by atoms with Crippen LogP contribution in [0.15, 0.2) is 11.1 Å². The maximum Gasteiger partial charge on any atom is 0.303 e. The van der Waals surface area contributed by atoms with Gasteiger partial charge in [-0.3, -0.25) is 9.59 Å². The molecule has 0 atom stereocenters. The van der Waals surface area contributed by atoms with Crippen molar-refractivity contribution in [3.63, 3.8) is 0 Å². The van der Waals surface area contributed by atoms with Gasteiger partial charge >= 0.3 is 5.97 Å². The van der Waals surface area contributed by atoms with Crippen LogP contribution in [0.4, 0.5) is 0 Å². The number of hydrogen-bond acceptors (Lipinski definition) is 2. The Labute approximate surface area is 89.6 Å². The molecule has 1 amide bonds. The van der Waals surface area contributed by atoms with Crippen molar-refractivity contribution in [3.05, 3.63) is 11.1 Å². The molecule has 0 spiro atoms. The minimum atomic E-state index is -0.786. The Balaban J connectivity index is 2.43. The minimum Gasteiger partial charge on any atom is -0.481 e. The molecule has 1 rings (SSSR count). The summed E-state index contributed by atoms with van der Waals surface area (Å²) in [4.78, 5) is 23.8. The van der Waals surface area contributed by atoms with Crippen LogP contribution < -0.4 is 0 Å². The number of rotatable bonds is 3. The van der Waals surface area contributed by atoms with Crippen LogP contribution in [0.2, 0.25) is 0 Å². The van der Waals surface area contributed by atoms with Crippen LogP contribution in [0.1, 0.15) is 27.2 Å². The fraction of sp³-hybridized carbons (Fsp3) is 0.636. The highest BCUT2D eigenvalue weighted by molar-refractivity contribution is 5.94. The summed E-state index contributed by atoms with van der Waals surface area (Å²) in [7, 11) is 0. The van der Waals surface area contributed by atoms with Gasteiger partial charge in [-0.25, -0.2) is 0 Å². The maximum atomic E-state index is 11.7. The molecule has 0 aromatic carbocycles. The first-order valence-corrected chi connectivity index (χ1v) is 5.07. The molecule has 84 valence electrons. The summed E-state index contributed by atoms with van der Waals surface area (Å²) in [6.07, 6.45) is 0.164. The van der Waals surface area contributed by atoms with E-state index in [2.05, 4.69) is 0 Å². The largest absolute Gasteiger partial charge is 0.481 e. The Kier molecular flexibility index (Phi) is 3.50. The summed E-state index contributed by atoms with van der Waals surface area (Å²) in [6.45, 7) is 6.77. The van der Waals surface area contributed by atoms with Crippen molar-refractivity contribution in [2.24, 2.45) is 5.92 Å². The zero-order valence-corrected chi connectivity index (χ0v) is 9.41. The Morgan fingerprint density at radius 2 is 1.80 bits per heavy atom. The molecule has 0 bridgehead atoms. The van der Waals surface area contributed by atoms with Crippen molar-refractivity contribution in [1.82, 2.24) is 4.90 Å². The van der Waals surface area contributed by atoms with Crippen LogP contribution in [0, 0.1) is 5.92 Å². The summed E-state index contributed by atoms with van der Waals surface area (Å²) in [5, 5.41) is 8.56. The van der Waals surface area contributed by atoms with Crippen molar-refractivity contribution in [2.45, 2.75) is 27.2 Å². The van der Waals surface area contributed by atoms with Crippen LogP contribution in [0.3, 0.4) is 0 Å². The quantitative estimate of drug-likeness (QED) is 0.715. The van der Waals surface area contributed by atoms with Crippen molar-refractivity contribution in [2.75, 3.05) is 13.1 Å². The summed E-state index contributed by atoms with van der Waals surface area (Å²) in [5.41, 5.74) is 1.78. The highest BCUT2D eigenvalue weighted by atomic mass is 16.4. The van der Waals surface area contributed by atoms with E-state index in [4.69, 9.17) is 5.11 Å². The molecule has 1 saturated heterocycles. The van der Waals surface area contributed by atoms with Gasteiger partial charge in [-0.1, -0.05) is 5.57 Å². The Hall–Kier alpha value is -1.32. The van der Waals surface area contributed by atoms with E-state index in [0.717, 1.165) is 11.1 Å². The van der Waals surface area contributed by atoms with E-state index in [1.165, 1.54) is 0 Å². The average molecular weight is 211 g/mol. The second-order valence-electron chi connectivity index (χ2n) is 4.30. The molecule has 1 aliphatic heterocycles. The van der Waals surface area contributed by atoms with Gasteiger partial charge in [0, 0.05) is 24.6 Å². The number of likely N-dealkylation sites (tertiary alicyclic amines) is 1. The third-order valence-corrected chi connectivity index (χ3v) is 2.78. The number of nitrogens with zero attached hydrogens (tertiary/aromatic N) is 1. The van der Waals surface area contributed by atoms with E-state index < -0.39 is 5.97 Å². The number of carboxylic acids is 1. The minimum absolute atomic E-state index is 0.0386. The second kappa shape index (κ2) is 4.47. The molecule has 1 fully saturated rings. The van der Waals surface area contributed by atoms with E-state index in [1.807, 2.05) is 20.8 Å². The third-order valence-electron chi connectivity index (χ3n) is 2.78. The van der Waals surface area contributed by atoms with E-state index in [1.54, 1.807) is 4.90 Å². The first-order chi connectivity index (χ1) is 6.91. The average Bonchev–Trinajstić information content (AvgIpc) is 2.07. The predicted octanol–water partition coefficient (Wildman–Crippen LogP) is 1.28. The Bertz CT molecular complexity index is 310. The molecule has 0 unspecified atom stereocenters. The molecule has 4 nitrogen and oxygen atoms in total. The molecular formula is C11H17NO3. The molecule has 0 saturated carbocycles. The molecule has 1 N–H and O–H groups in total. The van der Waals surface area contributed by atoms with Crippen molar-refractivity contribution >= 4 is 11.9 Å². The second-order valence-corrected chi connectivity index (χ2v) is 4.30. The SMILES string of the molecule is CC(C)=C(C)C(=O)N1CC(CC(=O)O)C1. The smallest absolute Gasteiger partial charge is 0.303 e. The molecule has 0 aliphatic carbocycles. The van der Waals surface area contributed by atoms with Crippen LogP contribution in [-0.2, 0) is 9.59 Å². The first-order valence-electron chi connectivity index (χ1n) is 5.07. The van der Waals surface area contributed by atoms with Gasteiger partial charge in [0.1, 0.15) is 0 Å². The maximum absolute atomic E-state index is 11.7. The van der Waals surface area contributed by atoms with Gasteiger partial charge in [-0.05, 0) is 20.8 Å². The highest BCUT2D eigenvalue weighted by Gasteiger charge is 2.32. The van der Waals surface area contributed by atoms with E-state index in [9.17, 15) is 9.59 Å². The lowest BCUT2D eigenvalue weighted by Gasteiger charge is -2.39. The van der Waals surface area contributed by atoms with Crippen molar-refractivity contribution in [1.29, 1.82) is 0 Å². The van der Waals surface area contributed by atoms with Crippen LogP contribution in [0.25, 0.3) is 0 Å². The lowest BCUT2D eigenvalue weighted by atomic mass is 9.95. The molecule has 1 aliphatic rings. The van der Waals surface area contributed by atoms with Gasteiger partial charge in [0.15, 0.2) is 0 Å². The summed E-state index contributed by atoms with van der Waals surface area (Å²) in [5.74, 6) is -0.612. The van der Waals surface area contributed by atoms with Gasteiger partial charge < -0.3 is 10.0 Å². The van der Waals surface area contributed by atoms with Gasteiger partial charge in [0.2, 0.25) is 5.91 Å². The number of carboxylic acid groups (broad SMARTS) is 1. The lowest BCUT2D eigenvalue weighted by Crippen LogP contribution is -2.50. The number of hydrogen-bond donors (Lipinski definition) is 1. The number of carbonyl (C=O) groups excluding carboxylic acids is 1. The summed E-state index contributed by atoms with van der Waals surface area (Å²) < 4.78 is 0. The number of carbonyl (C=O) groups is 2. The molecule has 1 heterocycles. The fourth-order valence-corrected chi connectivity index (χ4v) is 1.56. The van der Waals surface area contributed by atoms with Gasteiger partial charge in [0.25, 0.3) is 0 Å². The molecule has 0 radical (unpaired) electrons. The third kappa shape index (κ3) is 2.81. The fourth-order valence-electron chi connectivity index (χ4n) is 1.56. The monoisotopic (exact) mass is 211 g/mol. The predicted molar refractivity (Wildman–Crippen MR) is 56.4 cm³/mol. The number of allylic oxidation sites excluding steroid dienone is 1. The van der Waals surface area contributed by atoms with Crippen molar-refractivity contribution < 1.29 is 14.7 Å². The van der Waals surface area contributed by atoms with Crippen LogP contribution in [0.5, 0.6) is 0 Å². The lowest BCUT2D eigenvalue weighted by molar-refractivity contribution is -0.143. The van der Waals surface area contributed by atoms with E-state index >= 15 is 0 Å². The zero-order chi connectivity index (χ0) is 11.6. The number of amides is 1. The van der Waals surface area contributed by atoms with Crippen LogP contribution >= 0.6 is 0 Å². The summed E-state index contributed by atoms with van der Waals surface area (Å²) in [6, 6.07) is 0. The molecule has 0 aromatic rings. The molecular weight excluding hydrogens is 194 g/mol. The zero-order valence-electron chi connectivity index (χ0n) is 9.41. The first kappa shape index (κ1) is 11.8. The molecule has 0 aromatic heterocycles. The molecule has 15 heavy (non-hydrogen) atoms. The Morgan fingerprint density at radius 1 is 1.27 bits per heavy atom. The number of aliphatic carboxylic acids is 1. The topological polar surface area (TPSA) is 57.6 Å². The van der Waals surface area contributed by atoms with E-state index in [0.29, 0.717) is 13.1 Å². The Morgan fingerprint density at radius 3 is 2.20 bits per heavy atom. The van der Waals surface area contributed by atoms with Crippen LogP contribution in [-0.4, -0.2) is 35.0 Å². The van der Waals surface area contributed by atoms with Gasteiger partial charge in [-0.2, -0.15) is 0 Å². The van der Waals surface area contributed by atoms with Crippen molar-refractivity contribution in [3.8, 4) is 0 Å². The van der Waals surface area contributed by atoms with Gasteiger partial charge in [0.05, 0.1) is 6.42 Å². The van der Waals surface area contributed by atoms with E-state index in [-0.39, 0.29) is 18.2 Å². The standard InChI is InChI=1S/C11H17NO3/c1-7(2)8(3)11(15)12-5-9(6-12)4-10(13)14/h9H,4-6H2,1-3H3,(H,13,14). The molecule has 4 heteroatoms. The highest BCUT2D eigenvalue weighted by Crippen LogP contribution is 2.21.